The molecular formula is C20H13Cl2F4N3O2. The molecule has 0 radical (unpaired) electrons. The SMILES string of the molecule is CC1(Cc2ccc(OC(F)(F)F)cc2)C(=O)N(c2cc(Cl)c(F)c(Cl)c2)c2nccn21. The quantitative estimate of drug-likeness (QED) is 0.352. The van der Waals surface area contributed by atoms with Gasteiger partial charge in [0.05, 0.1) is 15.7 Å². The number of nitrogens with zero attached hydrogens (tertiary/aromatic N) is 3. The number of hydrogen-bond acceptors (Lipinski definition) is 3. The largest absolute Gasteiger partial charge is 0.573 e. The summed E-state index contributed by atoms with van der Waals surface area (Å²) < 4.78 is 56.5. The summed E-state index contributed by atoms with van der Waals surface area (Å²) in [5, 5.41) is -0.496. The van der Waals surface area contributed by atoms with Gasteiger partial charge in [0.25, 0.3) is 5.91 Å². The van der Waals surface area contributed by atoms with Crippen molar-refractivity contribution in [2.75, 3.05) is 4.90 Å². The number of aromatic nitrogens is 2. The van der Waals surface area contributed by atoms with Gasteiger partial charge in [-0.05, 0) is 36.8 Å². The second kappa shape index (κ2) is 7.42. The molecule has 5 nitrogen and oxygen atoms in total. The van der Waals surface area contributed by atoms with E-state index in [9.17, 15) is 22.4 Å². The number of halogens is 6. The maximum Gasteiger partial charge on any atom is 0.573 e. The molecule has 1 amide bonds. The summed E-state index contributed by atoms with van der Waals surface area (Å²) in [6.07, 6.45) is -1.53. The first-order valence-corrected chi connectivity index (χ1v) is 9.63. The van der Waals surface area contributed by atoms with E-state index in [1.54, 1.807) is 17.7 Å². The molecule has 0 fully saturated rings. The van der Waals surface area contributed by atoms with Gasteiger partial charge in [0.2, 0.25) is 5.95 Å². The minimum atomic E-state index is -4.79. The first-order valence-electron chi connectivity index (χ1n) is 8.87. The lowest BCUT2D eigenvalue weighted by Crippen LogP contribution is -2.40. The van der Waals surface area contributed by atoms with E-state index in [1.807, 2.05) is 0 Å². The predicted octanol–water partition coefficient (Wildman–Crippen LogP) is 5.86. The van der Waals surface area contributed by atoms with Gasteiger partial charge in [-0.25, -0.2) is 14.3 Å². The third-order valence-corrected chi connectivity index (χ3v) is 5.50. The van der Waals surface area contributed by atoms with Gasteiger partial charge in [0.1, 0.15) is 11.3 Å². The molecule has 1 aliphatic rings. The van der Waals surface area contributed by atoms with Crippen molar-refractivity contribution < 1.29 is 27.1 Å². The number of amides is 1. The molecule has 0 saturated heterocycles. The zero-order valence-corrected chi connectivity index (χ0v) is 17.3. The van der Waals surface area contributed by atoms with E-state index < -0.39 is 17.7 Å². The van der Waals surface area contributed by atoms with Crippen LogP contribution < -0.4 is 9.64 Å². The highest BCUT2D eigenvalue weighted by Crippen LogP contribution is 2.42. The van der Waals surface area contributed by atoms with Crippen LogP contribution in [0.1, 0.15) is 12.5 Å². The fourth-order valence-corrected chi connectivity index (χ4v) is 4.03. The minimum absolute atomic E-state index is 0.153. The smallest absolute Gasteiger partial charge is 0.406 e. The average molecular weight is 474 g/mol. The van der Waals surface area contributed by atoms with Crippen LogP contribution in [-0.4, -0.2) is 21.8 Å². The molecule has 0 spiro atoms. The second-order valence-electron chi connectivity index (χ2n) is 7.10. The first-order chi connectivity index (χ1) is 14.5. The zero-order valence-electron chi connectivity index (χ0n) is 15.8. The highest BCUT2D eigenvalue weighted by Gasteiger charge is 2.48. The molecule has 0 N–H and O–H groups in total. The van der Waals surface area contributed by atoms with Crippen LogP contribution in [0, 0.1) is 5.82 Å². The molecule has 0 saturated carbocycles. The van der Waals surface area contributed by atoms with E-state index in [-0.39, 0.29) is 39.8 Å². The van der Waals surface area contributed by atoms with Crippen LogP contribution in [0.25, 0.3) is 0 Å². The fourth-order valence-electron chi connectivity index (χ4n) is 3.55. The van der Waals surface area contributed by atoms with Crippen LogP contribution in [0.3, 0.4) is 0 Å². The Labute approximate surface area is 183 Å². The molecule has 1 atom stereocenters. The Morgan fingerprint density at radius 3 is 2.32 bits per heavy atom. The standard InChI is InChI=1S/C20H13Cl2F4N3O2/c1-19(10-11-2-4-13(5-3-11)31-20(24,25)26)17(30)29(18-27-6-7-28(18)19)12-8-14(21)16(23)15(22)9-12/h2-9H,10H2,1H3. The number of imidazole rings is 1. The van der Waals surface area contributed by atoms with Crippen molar-refractivity contribution in [2.45, 2.75) is 25.2 Å². The van der Waals surface area contributed by atoms with E-state index in [4.69, 9.17) is 23.2 Å². The number of carbonyl (C=O) groups is 1. The highest BCUT2D eigenvalue weighted by atomic mass is 35.5. The van der Waals surface area contributed by atoms with Crippen LogP contribution in [0.15, 0.2) is 48.8 Å². The summed E-state index contributed by atoms with van der Waals surface area (Å²) in [5.74, 6) is -1.26. The molecule has 2 aromatic carbocycles. The minimum Gasteiger partial charge on any atom is -0.406 e. The molecule has 1 aliphatic heterocycles. The van der Waals surface area contributed by atoms with Gasteiger partial charge in [0, 0.05) is 18.8 Å². The summed E-state index contributed by atoms with van der Waals surface area (Å²) in [5.41, 5.74) is -0.306. The van der Waals surface area contributed by atoms with Crippen LogP contribution in [0.2, 0.25) is 10.0 Å². The number of alkyl halides is 3. The van der Waals surface area contributed by atoms with Crippen molar-refractivity contribution in [3.63, 3.8) is 0 Å². The third-order valence-electron chi connectivity index (χ3n) is 4.95. The number of benzene rings is 2. The van der Waals surface area contributed by atoms with Gasteiger partial charge in [-0.1, -0.05) is 35.3 Å². The summed E-state index contributed by atoms with van der Waals surface area (Å²) in [6.45, 7) is 1.67. The van der Waals surface area contributed by atoms with Crippen LogP contribution >= 0.6 is 23.2 Å². The van der Waals surface area contributed by atoms with E-state index in [0.717, 1.165) is 0 Å². The van der Waals surface area contributed by atoms with Crippen LogP contribution in [-0.2, 0) is 16.8 Å². The Kier molecular flexibility index (Phi) is 5.13. The van der Waals surface area contributed by atoms with E-state index in [0.29, 0.717) is 5.56 Å². The summed E-state index contributed by atoms with van der Waals surface area (Å²) in [4.78, 5) is 18.9. The Morgan fingerprint density at radius 2 is 1.74 bits per heavy atom. The summed E-state index contributed by atoms with van der Waals surface area (Å²) in [6, 6.07) is 7.80. The van der Waals surface area contributed by atoms with Gasteiger partial charge >= 0.3 is 6.36 Å². The van der Waals surface area contributed by atoms with E-state index in [1.165, 1.54) is 47.5 Å². The Balaban J connectivity index is 1.67. The van der Waals surface area contributed by atoms with Crippen LogP contribution in [0.5, 0.6) is 5.75 Å². The lowest BCUT2D eigenvalue weighted by atomic mass is 9.92. The Bertz CT molecular complexity index is 1140. The monoisotopic (exact) mass is 473 g/mol. The Morgan fingerprint density at radius 1 is 1.13 bits per heavy atom. The van der Waals surface area contributed by atoms with E-state index >= 15 is 0 Å². The molecule has 1 aromatic heterocycles. The van der Waals surface area contributed by atoms with Gasteiger partial charge in [-0.15, -0.1) is 13.2 Å². The molecule has 11 heteroatoms. The molecule has 0 bridgehead atoms. The molecule has 4 rings (SSSR count). The van der Waals surface area contributed by atoms with Crippen molar-refractivity contribution in [2.24, 2.45) is 0 Å². The van der Waals surface area contributed by atoms with Gasteiger partial charge in [-0.3, -0.25) is 4.79 Å². The maximum absolute atomic E-state index is 13.8. The first kappa shape index (κ1) is 21.5. The number of ether oxygens (including phenoxy) is 1. The van der Waals surface area contributed by atoms with E-state index in [2.05, 4.69) is 9.72 Å². The predicted molar refractivity (Wildman–Crippen MR) is 106 cm³/mol. The van der Waals surface area contributed by atoms with Crippen molar-refractivity contribution in [1.82, 2.24) is 9.55 Å². The average Bonchev–Trinajstić information content (AvgIpc) is 3.23. The molecule has 162 valence electrons. The molecule has 2 heterocycles. The van der Waals surface area contributed by atoms with Crippen molar-refractivity contribution in [1.29, 1.82) is 0 Å². The normalized spacial score (nSPS) is 18.4. The molecule has 0 aliphatic carbocycles. The Hall–Kier alpha value is -2.78. The summed E-state index contributed by atoms with van der Waals surface area (Å²) >= 11 is 11.8. The lowest BCUT2D eigenvalue weighted by molar-refractivity contribution is -0.274. The number of hydrogen-bond donors (Lipinski definition) is 0. The van der Waals surface area contributed by atoms with Gasteiger partial charge in [0.15, 0.2) is 5.82 Å². The topological polar surface area (TPSA) is 47.4 Å². The third kappa shape index (κ3) is 3.83. The molecule has 1 unspecified atom stereocenters. The molecule has 3 aromatic rings. The maximum atomic E-state index is 13.8. The number of rotatable bonds is 4. The fraction of sp³-hybridized carbons (Fsp3) is 0.200. The number of fused-ring (bicyclic) bond motifs is 1. The second-order valence-corrected chi connectivity index (χ2v) is 7.92. The highest BCUT2D eigenvalue weighted by molar-refractivity contribution is 6.35. The zero-order chi connectivity index (χ0) is 22.6. The van der Waals surface area contributed by atoms with Gasteiger partial charge in [-0.2, -0.15) is 0 Å². The lowest BCUT2D eigenvalue weighted by Gasteiger charge is -2.25. The molecule has 31 heavy (non-hydrogen) atoms. The van der Waals surface area contributed by atoms with Crippen LogP contribution in [0.4, 0.5) is 29.2 Å². The van der Waals surface area contributed by atoms with Gasteiger partial charge < -0.3 is 9.30 Å². The van der Waals surface area contributed by atoms with Crippen molar-refractivity contribution in [3.8, 4) is 5.75 Å². The van der Waals surface area contributed by atoms with Crippen molar-refractivity contribution in [3.05, 3.63) is 70.2 Å². The number of carbonyl (C=O) groups excluding carboxylic acids is 1. The summed E-state index contributed by atoms with van der Waals surface area (Å²) in [7, 11) is 0. The molecular weight excluding hydrogens is 461 g/mol. The number of anilines is 2. The van der Waals surface area contributed by atoms with Crippen molar-refractivity contribution >= 4 is 40.7 Å².